The smallest absolute Gasteiger partial charge is 0.268 e. The maximum Gasteiger partial charge on any atom is 0.268 e. The summed E-state index contributed by atoms with van der Waals surface area (Å²) in [6.07, 6.45) is 2.26. The fraction of sp³-hybridized carbons (Fsp3) is 0.500. The van der Waals surface area contributed by atoms with Crippen LogP contribution in [0, 0.1) is 11.3 Å². The number of rotatable bonds is 4. The van der Waals surface area contributed by atoms with E-state index in [0.29, 0.717) is 11.4 Å². The third-order valence-electron chi connectivity index (χ3n) is 1.61. The first-order valence-electron chi connectivity index (χ1n) is 4.23. The molecular formula is C8H10N4OS. The third-order valence-corrected chi connectivity index (χ3v) is 2.27. The van der Waals surface area contributed by atoms with E-state index >= 15 is 0 Å². The van der Waals surface area contributed by atoms with Crippen LogP contribution in [0.4, 0.5) is 0 Å². The van der Waals surface area contributed by atoms with E-state index in [2.05, 4.69) is 9.59 Å². The van der Waals surface area contributed by atoms with Gasteiger partial charge >= 0.3 is 0 Å². The van der Waals surface area contributed by atoms with Crippen molar-refractivity contribution in [1.29, 1.82) is 5.26 Å². The molecule has 74 valence electrons. The Kier molecular flexibility index (Phi) is 4.01. The van der Waals surface area contributed by atoms with Gasteiger partial charge in [0.1, 0.15) is 11.4 Å². The van der Waals surface area contributed by atoms with E-state index in [1.165, 1.54) is 11.1 Å². The Bertz CT molecular complexity index is 330. The van der Waals surface area contributed by atoms with Crippen molar-refractivity contribution in [3.05, 3.63) is 11.1 Å². The zero-order chi connectivity index (χ0) is 10.4. The molecule has 0 N–H and O–H groups in total. The molecule has 0 aliphatic carbocycles. The number of nitriles is 1. The second-order valence-electron chi connectivity index (χ2n) is 2.67. The van der Waals surface area contributed by atoms with Crippen molar-refractivity contribution in [3.8, 4) is 6.07 Å². The van der Waals surface area contributed by atoms with Crippen molar-refractivity contribution in [2.24, 2.45) is 0 Å². The molecule has 6 heteroatoms. The summed E-state index contributed by atoms with van der Waals surface area (Å²) in [5, 5.41) is 12.1. The largest absolute Gasteiger partial charge is 0.325 e. The van der Waals surface area contributed by atoms with Crippen LogP contribution in [-0.2, 0) is 0 Å². The van der Waals surface area contributed by atoms with Crippen LogP contribution in [0.5, 0.6) is 0 Å². The molecule has 0 unspecified atom stereocenters. The van der Waals surface area contributed by atoms with Gasteiger partial charge in [-0.05, 0) is 18.0 Å². The number of hydrogen-bond donors (Lipinski definition) is 0. The van der Waals surface area contributed by atoms with Crippen LogP contribution >= 0.6 is 11.5 Å². The summed E-state index contributed by atoms with van der Waals surface area (Å²) >= 11 is 1.05. The highest BCUT2D eigenvalue weighted by atomic mass is 32.1. The van der Waals surface area contributed by atoms with E-state index in [0.717, 1.165) is 18.0 Å². The Labute approximate surface area is 86.1 Å². The first-order valence-corrected chi connectivity index (χ1v) is 5.00. The highest BCUT2D eigenvalue weighted by molar-refractivity contribution is 7.07. The quantitative estimate of drug-likeness (QED) is 0.693. The lowest BCUT2D eigenvalue weighted by molar-refractivity contribution is 0.0780. The lowest BCUT2D eigenvalue weighted by Crippen LogP contribution is -2.31. The zero-order valence-electron chi connectivity index (χ0n) is 7.80. The molecule has 0 bridgehead atoms. The van der Waals surface area contributed by atoms with Gasteiger partial charge in [-0.25, -0.2) is 0 Å². The molecule has 0 aromatic carbocycles. The summed E-state index contributed by atoms with van der Waals surface area (Å²) in [5.41, 5.74) is 0. The minimum atomic E-state index is -0.164. The molecule has 0 spiro atoms. The highest BCUT2D eigenvalue weighted by Crippen LogP contribution is 2.07. The average Bonchev–Trinajstić information content (AvgIpc) is 2.69. The van der Waals surface area contributed by atoms with Gasteiger partial charge in [-0.1, -0.05) is 11.4 Å². The fourth-order valence-electron chi connectivity index (χ4n) is 1.02. The predicted molar refractivity (Wildman–Crippen MR) is 51.7 cm³/mol. The van der Waals surface area contributed by atoms with Crippen molar-refractivity contribution >= 4 is 17.4 Å². The summed E-state index contributed by atoms with van der Waals surface area (Å²) < 4.78 is 3.61. The molecule has 14 heavy (non-hydrogen) atoms. The molecule has 0 atom stereocenters. The van der Waals surface area contributed by atoms with Gasteiger partial charge in [0, 0.05) is 6.54 Å². The molecule has 1 heterocycles. The summed E-state index contributed by atoms with van der Waals surface area (Å²) in [7, 11) is 0. The van der Waals surface area contributed by atoms with Gasteiger partial charge in [0.2, 0.25) is 0 Å². The van der Waals surface area contributed by atoms with Crippen LogP contribution in [-0.4, -0.2) is 33.5 Å². The van der Waals surface area contributed by atoms with Crippen molar-refractivity contribution < 1.29 is 4.79 Å². The summed E-state index contributed by atoms with van der Waals surface area (Å²) in [4.78, 5) is 13.7. The first-order chi connectivity index (χ1) is 6.79. The second kappa shape index (κ2) is 5.29. The third kappa shape index (κ3) is 2.50. The average molecular weight is 210 g/mol. The Hall–Kier alpha value is -1.48. The monoisotopic (exact) mass is 210 g/mol. The number of carbonyl (C=O) groups excluding carboxylic acids is 1. The normalized spacial score (nSPS) is 9.43. The maximum atomic E-state index is 11.7. The van der Waals surface area contributed by atoms with Crippen LogP contribution in [0.1, 0.15) is 23.0 Å². The molecule has 5 nitrogen and oxygen atoms in total. The highest BCUT2D eigenvalue weighted by Gasteiger charge is 2.16. The van der Waals surface area contributed by atoms with Gasteiger partial charge < -0.3 is 4.90 Å². The first kappa shape index (κ1) is 10.6. The second-order valence-corrected chi connectivity index (χ2v) is 3.45. The molecule has 0 aliphatic heterocycles. The molecule has 0 saturated carbocycles. The number of nitrogens with zero attached hydrogens (tertiary/aromatic N) is 4. The van der Waals surface area contributed by atoms with Crippen LogP contribution in [0.3, 0.4) is 0 Å². The molecule has 0 radical (unpaired) electrons. The number of hydrogen-bond acceptors (Lipinski definition) is 5. The van der Waals surface area contributed by atoms with Crippen LogP contribution in [0.15, 0.2) is 6.20 Å². The van der Waals surface area contributed by atoms with E-state index in [1.54, 1.807) is 0 Å². The fourth-order valence-corrected chi connectivity index (χ4v) is 1.51. The standard InChI is InChI=1S/C8H10N4OS/c1-2-4-12(5-3-9)8(13)7-6-10-11-14-7/h6H,2,4-5H2,1H3. The molecular weight excluding hydrogens is 200 g/mol. The van der Waals surface area contributed by atoms with E-state index in [4.69, 9.17) is 5.26 Å². The topological polar surface area (TPSA) is 69.9 Å². The summed E-state index contributed by atoms with van der Waals surface area (Å²) in [6, 6.07) is 1.96. The van der Waals surface area contributed by atoms with Gasteiger partial charge in [-0.3, -0.25) is 4.79 Å². The molecule has 1 aromatic rings. The number of aromatic nitrogens is 2. The Morgan fingerprint density at radius 3 is 3.07 bits per heavy atom. The molecule has 0 fully saturated rings. The van der Waals surface area contributed by atoms with Crippen molar-refractivity contribution in [3.63, 3.8) is 0 Å². The van der Waals surface area contributed by atoms with E-state index < -0.39 is 0 Å². The molecule has 1 amide bonds. The van der Waals surface area contributed by atoms with E-state index in [-0.39, 0.29) is 12.5 Å². The predicted octanol–water partition coefficient (Wildman–Crippen LogP) is 0.914. The Morgan fingerprint density at radius 2 is 2.57 bits per heavy atom. The molecule has 0 saturated heterocycles. The van der Waals surface area contributed by atoms with Gasteiger partial charge in [-0.15, -0.1) is 5.10 Å². The summed E-state index contributed by atoms with van der Waals surface area (Å²) in [5.74, 6) is -0.164. The van der Waals surface area contributed by atoms with Gasteiger partial charge in [-0.2, -0.15) is 5.26 Å². The van der Waals surface area contributed by atoms with Gasteiger partial charge in [0.15, 0.2) is 0 Å². The van der Waals surface area contributed by atoms with E-state index in [1.807, 2.05) is 13.0 Å². The van der Waals surface area contributed by atoms with Gasteiger partial charge in [0.25, 0.3) is 5.91 Å². The Morgan fingerprint density at radius 1 is 1.79 bits per heavy atom. The zero-order valence-corrected chi connectivity index (χ0v) is 8.62. The van der Waals surface area contributed by atoms with Crippen LogP contribution in [0.25, 0.3) is 0 Å². The molecule has 0 aliphatic rings. The molecule has 1 rings (SSSR count). The van der Waals surface area contributed by atoms with Crippen LogP contribution < -0.4 is 0 Å². The minimum absolute atomic E-state index is 0.116. The molecule has 1 aromatic heterocycles. The van der Waals surface area contributed by atoms with E-state index in [9.17, 15) is 4.79 Å². The lowest BCUT2D eigenvalue weighted by atomic mass is 10.3. The lowest BCUT2D eigenvalue weighted by Gasteiger charge is -2.16. The Balaban J connectivity index is 2.69. The van der Waals surface area contributed by atoms with Crippen LogP contribution in [0.2, 0.25) is 0 Å². The summed E-state index contributed by atoms with van der Waals surface area (Å²) in [6.45, 7) is 2.66. The number of amides is 1. The van der Waals surface area contributed by atoms with Crippen molar-refractivity contribution in [1.82, 2.24) is 14.5 Å². The SMILES string of the molecule is CCCN(CC#N)C(=O)c1cnns1. The maximum absolute atomic E-state index is 11.7. The van der Waals surface area contributed by atoms with Gasteiger partial charge in [0.05, 0.1) is 12.3 Å². The van der Waals surface area contributed by atoms with Crippen molar-refractivity contribution in [2.75, 3.05) is 13.1 Å². The number of carbonyl (C=O) groups is 1. The minimum Gasteiger partial charge on any atom is -0.325 e. The van der Waals surface area contributed by atoms with Crippen molar-refractivity contribution in [2.45, 2.75) is 13.3 Å².